The van der Waals surface area contributed by atoms with Crippen LogP contribution in [0.3, 0.4) is 0 Å². The number of ether oxygens (including phenoxy) is 2. The largest absolute Gasteiger partial charge is 0.497 e. The van der Waals surface area contributed by atoms with Crippen LogP contribution in [0, 0.1) is 5.82 Å². The highest BCUT2D eigenvalue weighted by Gasteiger charge is 2.14. The van der Waals surface area contributed by atoms with Crippen molar-refractivity contribution in [3.63, 3.8) is 0 Å². The van der Waals surface area contributed by atoms with Crippen molar-refractivity contribution in [2.45, 2.75) is 6.54 Å². The second-order valence-corrected chi connectivity index (χ2v) is 6.07. The van der Waals surface area contributed by atoms with Crippen molar-refractivity contribution in [1.29, 1.82) is 0 Å². The molecule has 27 heavy (non-hydrogen) atoms. The Morgan fingerprint density at radius 1 is 1.19 bits per heavy atom. The minimum atomic E-state index is -0.501. The van der Waals surface area contributed by atoms with Crippen LogP contribution in [0.4, 0.5) is 4.39 Å². The molecule has 0 aliphatic carbocycles. The summed E-state index contributed by atoms with van der Waals surface area (Å²) in [5.74, 6) is 0.385. The maximum Gasteiger partial charge on any atom is 0.269 e. The van der Waals surface area contributed by atoms with Crippen LogP contribution >= 0.6 is 11.6 Å². The first kappa shape index (κ1) is 18.7. The van der Waals surface area contributed by atoms with Crippen molar-refractivity contribution >= 4 is 17.5 Å². The van der Waals surface area contributed by atoms with Crippen molar-refractivity contribution in [2.24, 2.45) is 0 Å². The molecule has 1 heterocycles. The van der Waals surface area contributed by atoms with E-state index in [0.29, 0.717) is 22.8 Å². The molecule has 0 spiro atoms. The van der Waals surface area contributed by atoms with Crippen LogP contribution in [0.2, 0.25) is 5.02 Å². The molecule has 140 valence electrons. The van der Waals surface area contributed by atoms with Crippen LogP contribution in [0.25, 0.3) is 11.3 Å². The summed E-state index contributed by atoms with van der Waals surface area (Å²) in [6.45, 7) is 0.207. The van der Waals surface area contributed by atoms with E-state index in [1.54, 1.807) is 44.6 Å². The highest BCUT2D eigenvalue weighted by Crippen LogP contribution is 2.32. The van der Waals surface area contributed by atoms with Crippen LogP contribution in [0.1, 0.15) is 16.1 Å². The first-order valence-electron chi connectivity index (χ1n) is 8.01. The lowest BCUT2D eigenvalue weighted by Gasteiger charge is -2.08. The van der Waals surface area contributed by atoms with Crippen molar-refractivity contribution < 1.29 is 18.7 Å². The smallest absolute Gasteiger partial charge is 0.269 e. The summed E-state index contributed by atoms with van der Waals surface area (Å²) in [4.78, 5) is 12.3. The number of H-pyrrole nitrogens is 1. The number of rotatable bonds is 6. The van der Waals surface area contributed by atoms with Crippen LogP contribution in [0.5, 0.6) is 11.5 Å². The molecule has 0 fully saturated rings. The Morgan fingerprint density at radius 3 is 2.70 bits per heavy atom. The average molecular weight is 390 g/mol. The third kappa shape index (κ3) is 4.20. The zero-order valence-corrected chi connectivity index (χ0v) is 15.4. The molecule has 0 aliphatic heterocycles. The number of carbonyl (C=O) groups is 1. The number of benzene rings is 2. The van der Waals surface area contributed by atoms with Crippen molar-refractivity contribution in [3.05, 3.63) is 64.6 Å². The third-order valence-electron chi connectivity index (χ3n) is 3.94. The Hall–Kier alpha value is -3.06. The second-order valence-electron chi connectivity index (χ2n) is 5.66. The number of nitrogens with zero attached hydrogens (tertiary/aromatic N) is 1. The fraction of sp³-hybridized carbons (Fsp3) is 0.158. The van der Waals surface area contributed by atoms with E-state index in [4.69, 9.17) is 21.1 Å². The molecule has 6 nitrogen and oxygen atoms in total. The molecule has 3 aromatic rings. The Labute approximate surface area is 160 Å². The van der Waals surface area contributed by atoms with Gasteiger partial charge in [-0.1, -0.05) is 17.7 Å². The Morgan fingerprint density at radius 2 is 2.00 bits per heavy atom. The number of methoxy groups -OCH3 is 2. The lowest BCUT2D eigenvalue weighted by Crippen LogP contribution is -2.23. The molecule has 1 amide bonds. The van der Waals surface area contributed by atoms with E-state index in [9.17, 15) is 9.18 Å². The van der Waals surface area contributed by atoms with Gasteiger partial charge in [-0.3, -0.25) is 9.89 Å². The number of carbonyl (C=O) groups excluding carboxylic acids is 1. The Balaban J connectivity index is 1.73. The highest BCUT2D eigenvalue weighted by atomic mass is 35.5. The van der Waals surface area contributed by atoms with Crippen LogP contribution in [-0.2, 0) is 6.54 Å². The minimum Gasteiger partial charge on any atom is -0.497 e. The summed E-state index contributed by atoms with van der Waals surface area (Å²) in [5.41, 5.74) is 2.26. The maximum absolute atomic E-state index is 13.2. The van der Waals surface area contributed by atoms with Crippen LogP contribution in [-0.4, -0.2) is 30.3 Å². The molecule has 0 bridgehead atoms. The van der Waals surface area contributed by atoms with Crippen molar-refractivity contribution in [2.75, 3.05) is 14.2 Å². The minimum absolute atomic E-state index is 0.0113. The van der Waals surface area contributed by atoms with Crippen molar-refractivity contribution in [3.8, 4) is 22.8 Å². The fourth-order valence-corrected chi connectivity index (χ4v) is 2.72. The quantitative estimate of drug-likeness (QED) is 0.672. The van der Waals surface area contributed by atoms with Gasteiger partial charge in [-0.2, -0.15) is 5.10 Å². The van der Waals surface area contributed by atoms with E-state index in [1.807, 2.05) is 0 Å². The second kappa shape index (κ2) is 8.09. The number of aromatic amines is 1. The molecular weight excluding hydrogens is 373 g/mol. The summed E-state index contributed by atoms with van der Waals surface area (Å²) in [5, 5.41) is 9.62. The first-order valence-corrected chi connectivity index (χ1v) is 8.39. The van der Waals surface area contributed by atoms with E-state index < -0.39 is 5.82 Å². The van der Waals surface area contributed by atoms with Gasteiger partial charge in [-0.25, -0.2) is 4.39 Å². The molecular formula is C19H17ClFN3O3. The molecule has 8 heteroatoms. The van der Waals surface area contributed by atoms with Gasteiger partial charge in [0.05, 0.1) is 24.9 Å². The zero-order chi connectivity index (χ0) is 19.4. The highest BCUT2D eigenvalue weighted by molar-refractivity contribution is 6.30. The number of aromatic nitrogens is 2. The lowest BCUT2D eigenvalue weighted by molar-refractivity contribution is 0.0946. The molecule has 3 rings (SSSR count). The van der Waals surface area contributed by atoms with Crippen LogP contribution in [0.15, 0.2) is 42.5 Å². The van der Waals surface area contributed by atoms with Gasteiger partial charge >= 0.3 is 0 Å². The predicted molar refractivity (Wildman–Crippen MR) is 99.7 cm³/mol. The van der Waals surface area contributed by atoms with Gasteiger partial charge in [-0.05, 0) is 35.9 Å². The third-order valence-corrected chi connectivity index (χ3v) is 4.23. The number of hydrogen-bond donors (Lipinski definition) is 2. The fourth-order valence-electron chi connectivity index (χ4n) is 2.51. The molecule has 2 N–H and O–H groups in total. The molecule has 2 aromatic carbocycles. The normalized spacial score (nSPS) is 10.5. The molecule has 0 saturated heterocycles. The number of halogens is 2. The predicted octanol–water partition coefficient (Wildman–Crippen LogP) is 3.82. The summed E-state index contributed by atoms with van der Waals surface area (Å²) >= 11 is 5.74. The SMILES string of the molecule is COc1ccc(-c2cc(C(=O)NCc3ccc(F)c(Cl)c3)[nH]n2)c(OC)c1. The van der Waals surface area contributed by atoms with Gasteiger partial charge in [0.15, 0.2) is 0 Å². The van der Waals surface area contributed by atoms with E-state index >= 15 is 0 Å². The molecule has 0 aliphatic rings. The summed E-state index contributed by atoms with van der Waals surface area (Å²) < 4.78 is 23.7. The molecule has 0 atom stereocenters. The molecule has 0 radical (unpaired) electrons. The van der Waals surface area contributed by atoms with Gasteiger partial charge in [0.25, 0.3) is 5.91 Å². The number of amides is 1. The van der Waals surface area contributed by atoms with Gasteiger partial charge in [-0.15, -0.1) is 0 Å². The van der Waals surface area contributed by atoms with Crippen molar-refractivity contribution in [1.82, 2.24) is 15.5 Å². The molecule has 0 saturated carbocycles. The maximum atomic E-state index is 13.2. The van der Waals surface area contributed by atoms with Gasteiger partial charge in [0.1, 0.15) is 23.0 Å². The molecule has 1 aromatic heterocycles. The molecule has 0 unspecified atom stereocenters. The lowest BCUT2D eigenvalue weighted by atomic mass is 10.1. The van der Waals surface area contributed by atoms with E-state index in [0.717, 1.165) is 5.56 Å². The van der Waals surface area contributed by atoms with Gasteiger partial charge < -0.3 is 14.8 Å². The monoisotopic (exact) mass is 389 g/mol. The first-order chi connectivity index (χ1) is 13.0. The summed E-state index contributed by atoms with van der Waals surface area (Å²) in [6, 6.07) is 11.2. The Bertz CT molecular complexity index is 975. The van der Waals surface area contributed by atoms with Gasteiger partial charge in [0.2, 0.25) is 0 Å². The zero-order valence-electron chi connectivity index (χ0n) is 14.7. The summed E-state index contributed by atoms with van der Waals surface area (Å²) in [7, 11) is 3.12. The van der Waals surface area contributed by atoms with Gasteiger partial charge in [0, 0.05) is 18.2 Å². The van der Waals surface area contributed by atoms with Crippen LogP contribution < -0.4 is 14.8 Å². The average Bonchev–Trinajstić information content (AvgIpc) is 3.18. The van der Waals surface area contributed by atoms with E-state index in [1.165, 1.54) is 12.1 Å². The number of nitrogens with one attached hydrogen (secondary N) is 2. The summed E-state index contributed by atoms with van der Waals surface area (Å²) in [6.07, 6.45) is 0. The standard InChI is InChI=1S/C19H17ClFN3O3/c1-26-12-4-5-13(18(8-12)27-2)16-9-17(24-23-16)19(25)22-10-11-3-6-15(21)14(20)7-11/h3-9H,10H2,1-2H3,(H,22,25)(H,23,24). The topological polar surface area (TPSA) is 76.2 Å². The number of hydrogen-bond acceptors (Lipinski definition) is 4. The van der Waals surface area contributed by atoms with E-state index in [-0.39, 0.29) is 23.2 Å². The van der Waals surface area contributed by atoms with E-state index in [2.05, 4.69) is 15.5 Å². The Kier molecular flexibility index (Phi) is 5.61.